The maximum atomic E-state index is 12.9. The molecule has 184 valence electrons. The third kappa shape index (κ3) is 6.97. The van der Waals surface area contributed by atoms with Gasteiger partial charge in [0.15, 0.2) is 6.04 Å². The Hall–Kier alpha value is -3.05. The number of hydrogen-bond donors (Lipinski definition) is 1. The second-order valence-corrected chi connectivity index (χ2v) is 10.0. The van der Waals surface area contributed by atoms with Crippen molar-refractivity contribution < 1.29 is 23.9 Å². The number of carbonyl (C=O) groups is 3. The standard InChI is InChI=1S/C26H35N3O5/c1-25(2,3)34-18-21(23(31)33-4)27-24(32)29-17-14-26(19-29)12-15-28(16-13-26)22(30)11-10-20-8-6-5-7-9-20/h5-9,21H,12-19H2,1-4H3,(H,27,32). The van der Waals surface area contributed by atoms with Crippen molar-refractivity contribution in [3.05, 3.63) is 35.9 Å². The lowest BCUT2D eigenvalue weighted by Crippen LogP contribution is -2.51. The van der Waals surface area contributed by atoms with Crippen LogP contribution < -0.4 is 5.32 Å². The van der Waals surface area contributed by atoms with Gasteiger partial charge in [0.05, 0.1) is 19.3 Å². The minimum atomic E-state index is -0.865. The highest BCUT2D eigenvalue weighted by atomic mass is 16.5. The summed E-state index contributed by atoms with van der Waals surface area (Å²) in [7, 11) is 1.29. The van der Waals surface area contributed by atoms with Gasteiger partial charge in [-0.15, -0.1) is 0 Å². The molecule has 0 aliphatic carbocycles. The summed E-state index contributed by atoms with van der Waals surface area (Å²) >= 11 is 0. The van der Waals surface area contributed by atoms with Gasteiger partial charge < -0.3 is 24.6 Å². The molecule has 0 saturated carbocycles. The molecule has 1 aromatic rings. The molecular formula is C26H35N3O5. The molecule has 2 aliphatic rings. The Labute approximate surface area is 201 Å². The van der Waals surface area contributed by atoms with Gasteiger partial charge in [-0.2, -0.15) is 0 Å². The first-order chi connectivity index (χ1) is 16.1. The number of urea groups is 1. The van der Waals surface area contributed by atoms with Crippen LogP contribution >= 0.6 is 0 Å². The quantitative estimate of drug-likeness (QED) is 0.541. The Morgan fingerprint density at radius 3 is 2.26 bits per heavy atom. The smallest absolute Gasteiger partial charge is 0.330 e. The number of esters is 1. The Bertz CT molecular complexity index is 937. The summed E-state index contributed by atoms with van der Waals surface area (Å²) in [6.07, 6.45) is 2.52. The Morgan fingerprint density at radius 1 is 1.06 bits per heavy atom. The first-order valence-corrected chi connectivity index (χ1v) is 11.7. The third-order valence-electron chi connectivity index (χ3n) is 6.39. The van der Waals surface area contributed by atoms with E-state index in [2.05, 4.69) is 17.2 Å². The summed E-state index contributed by atoms with van der Waals surface area (Å²) in [4.78, 5) is 41.1. The normalized spacial score (nSPS) is 18.1. The molecule has 1 atom stereocenters. The molecule has 1 unspecified atom stereocenters. The predicted octanol–water partition coefficient (Wildman–Crippen LogP) is 2.42. The van der Waals surface area contributed by atoms with Crippen LogP contribution in [0.2, 0.25) is 0 Å². The van der Waals surface area contributed by atoms with Crippen LogP contribution in [0.5, 0.6) is 0 Å². The van der Waals surface area contributed by atoms with E-state index in [4.69, 9.17) is 9.47 Å². The van der Waals surface area contributed by atoms with Crippen LogP contribution in [0, 0.1) is 17.3 Å². The van der Waals surface area contributed by atoms with Gasteiger partial charge in [-0.05, 0) is 57.6 Å². The zero-order valence-corrected chi connectivity index (χ0v) is 20.6. The van der Waals surface area contributed by atoms with E-state index in [0.717, 1.165) is 24.8 Å². The van der Waals surface area contributed by atoms with E-state index in [1.165, 1.54) is 7.11 Å². The highest BCUT2D eigenvalue weighted by molar-refractivity contribution is 5.94. The lowest BCUT2D eigenvalue weighted by molar-refractivity contribution is -0.146. The van der Waals surface area contributed by atoms with Gasteiger partial charge in [-0.25, -0.2) is 9.59 Å². The van der Waals surface area contributed by atoms with Crippen LogP contribution in [-0.4, -0.2) is 79.2 Å². The summed E-state index contributed by atoms with van der Waals surface area (Å²) in [6.45, 7) is 8.17. The summed E-state index contributed by atoms with van der Waals surface area (Å²) in [5.74, 6) is 4.97. The molecule has 2 heterocycles. The maximum absolute atomic E-state index is 12.9. The van der Waals surface area contributed by atoms with Crippen molar-refractivity contribution in [2.24, 2.45) is 5.41 Å². The number of rotatable bonds is 4. The molecule has 2 fully saturated rings. The second-order valence-electron chi connectivity index (χ2n) is 10.0. The summed E-state index contributed by atoms with van der Waals surface area (Å²) < 4.78 is 10.5. The van der Waals surface area contributed by atoms with Crippen molar-refractivity contribution in [3.8, 4) is 11.8 Å². The fraction of sp³-hybridized carbons (Fsp3) is 0.577. The number of ether oxygens (including phenoxy) is 2. The number of likely N-dealkylation sites (tertiary alicyclic amines) is 2. The van der Waals surface area contributed by atoms with Crippen molar-refractivity contribution in [2.45, 2.75) is 51.7 Å². The van der Waals surface area contributed by atoms with Crippen molar-refractivity contribution >= 4 is 17.9 Å². The molecule has 2 aliphatic heterocycles. The number of nitrogens with one attached hydrogen (secondary N) is 1. The monoisotopic (exact) mass is 469 g/mol. The minimum Gasteiger partial charge on any atom is -0.467 e. The highest BCUT2D eigenvalue weighted by Gasteiger charge is 2.43. The highest BCUT2D eigenvalue weighted by Crippen LogP contribution is 2.40. The van der Waals surface area contributed by atoms with Gasteiger partial charge in [0.1, 0.15) is 0 Å². The molecule has 1 N–H and O–H groups in total. The van der Waals surface area contributed by atoms with Crippen molar-refractivity contribution in [1.82, 2.24) is 15.1 Å². The molecule has 8 nitrogen and oxygen atoms in total. The minimum absolute atomic E-state index is 0.0103. The Balaban J connectivity index is 1.51. The molecule has 0 bridgehead atoms. The van der Waals surface area contributed by atoms with Crippen LogP contribution in [0.25, 0.3) is 0 Å². The number of nitrogens with zero attached hydrogens (tertiary/aromatic N) is 2. The van der Waals surface area contributed by atoms with Gasteiger partial charge in [-0.3, -0.25) is 4.79 Å². The molecule has 1 aromatic carbocycles. The van der Waals surface area contributed by atoms with Crippen LogP contribution in [-0.2, 0) is 19.1 Å². The van der Waals surface area contributed by atoms with Gasteiger partial charge in [0.2, 0.25) is 0 Å². The van der Waals surface area contributed by atoms with E-state index in [-0.39, 0.29) is 24.0 Å². The average Bonchev–Trinajstić information content (AvgIpc) is 3.23. The molecule has 2 saturated heterocycles. The zero-order chi connectivity index (χ0) is 24.8. The van der Waals surface area contributed by atoms with Crippen LogP contribution in [0.4, 0.5) is 4.79 Å². The zero-order valence-electron chi connectivity index (χ0n) is 20.6. The van der Waals surface area contributed by atoms with Crippen LogP contribution in [0.15, 0.2) is 30.3 Å². The summed E-state index contributed by atoms with van der Waals surface area (Å²) in [6, 6.07) is 8.30. The lowest BCUT2D eigenvalue weighted by atomic mass is 9.78. The molecule has 8 heteroatoms. The van der Waals surface area contributed by atoms with Crippen molar-refractivity contribution in [3.63, 3.8) is 0 Å². The van der Waals surface area contributed by atoms with E-state index in [1.807, 2.05) is 51.1 Å². The third-order valence-corrected chi connectivity index (χ3v) is 6.39. The van der Waals surface area contributed by atoms with Gasteiger partial charge in [-0.1, -0.05) is 24.1 Å². The summed E-state index contributed by atoms with van der Waals surface area (Å²) in [5.41, 5.74) is 0.370. The van der Waals surface area contributed by atoms with E-state index in [1.54, 1.807) is 9.80 Å². The number of carbonyl (C=O) groups excluding carboxylic acids is 3. The molecule has 0 radical (unpaired) electrons. The largest absolute Gasteiger partial charge is 0.467 e. The molecule has 1 spiro atoms. The van der Waals surface area contributed by atoms with E-state index < -0.39 is 17.6 Å². The average molecular weight is 470 g/mol. The SMILES string of the molecule is COC(=O)C(COC(C)(C)C)NC(=O)N1CCC2(CCN(C(=O)C#Cc3ccccc3)CC2)C1. The molecular weight excluding hydrogens is 434 g/mol. The number of benzene rings is 1. The molecule has 3 amide bonds. The van der Waals surface area contributed by atoms with Gasteiger partial charge >= 0.3 is 12.0 Å². The fourth-order valence-corrected chi connectivity index (χ4v) is 4.31. The maximum Gasteiger partial charge on any atom is 0.330 e. The Morgan fingerprint density at radius 2 is 1.68 bits per heavy atom. The number of hydrogen-bond acceptors (Lipinski definition) is 5. The predicted molar refractivity (Wildman–Crippen MR) is 128 cm³/mol. The van der Waals surface area contributed by atoms with E-state index in [0.29, 0.717) is 26.2 Å². The van der Waals surface area contributed by atoms with Crippen LogP contribution in [0.1, 0.15) is 45.6 Å². The second kappa shape index (κ2) is 10.9. The van der Waals surface area contributed by atoms with Crippen molar-refractivity contribution in [1.29, 1.82) is 0 Å². The first-order valence-electron chi connectivity index (χ1n) is 11.7. The van der Waals surface area contributed by atoms with Crippen molar-refractivity contribution in [2.75, 3.05) is 39.9 Å². The molecule has 3 rings (SSSR count). The van der Waals surface area contributed by atoms with Crippen LogP contribution in [0.3, 0.4) is 0 Å². The molecule has 34 heavy (non-hydrogen) atoms. The number of amides is 3. The lowest BCUT2D eigenvalue weighted by Gasteiger charge is -2.38. The summed E-state index contributed by atoms with van der Waals surface area (Å²) in [5, 5.41) is 2.77. The number of methoxy groups -OCH3 is 1. The Kier molecular flexibility index (Phi) is 8.21. The first kappa shape index (κ1) is 25.6. The van der Waals surface area contributed by atoms with E-state index in [9.17, 15) is 14.4 Å². The fourth-order valence-electron chi connectivity index (χ4n) is 4.31. The molecule has 0 aromatic heterocycles. The topological polar surface area (TPSA) is 88.2 Å². The number of piperidine rings is 1. The van der Waals surface area contributed by atoms with Gasteiger partial charge in [0.25, 0.3) is 5.91 Å². The van der Waals surface area contributed by atoms with Gasteiger partial charge in [0, 0.05) is 37.7 Å². The van der Waals surface area contributed by atoms with E-state index >= 15 is 0 Å².